The molecule has 1 N–H and O–H groups in total. The number of carbonyl (C=O) groups excluding carboxylic acids is 2. The number of aliphatic imine (C=N–C) groups is 1. The van der Waals surface area contributed by atoms with Crippen molar-refractivity contribution in [2.24, 2.45) is 10.9 Å². The SMILES string of the molecule is CC(C)C1=C(C(=O)N2CCC[C@@H]2C(=O)N2CC3(CC3)NC[C@H]2C)SC2=N[C@@](C)(c3ccc(Cl)nc3)[C@@H](c3ccc(Cl)c(F)c3)N21. The Hall–Kier alpha value is -2.66. The Labute approximate surface area is 277 Å². The minimum absolute atomic E-state index is 0.0372. The third-order valence-electron chi connectivity index (χ3n) is 10.0. The number of fused-ring (bicyclic) bond motifs is 1. The van der Waals surface area contributed by atoms with Crippen LogP contribution in [0.2, 0.25) is 10.2 Å². The number of thioether (sulfide) groups is 1. The number of rotatable bonds is 5. The first-order valence-corrected chi connectivity index (χ1v) is 17.2. The molecular weight excluding hydrogens is 634 g/mol. The predicted molar refractivity (Wildman–Crippen MR) is 175 cm³/mol. The number of nitrogens with one attached hydrogen (secondary N) is 1. The second kappa shape index (κ2) is 11.2. The van der Waals surface area contributed by atoms with Crippen LogP contribution in [0, 0.1) is 11.7 Å². The molecule has 1 spiro atoms. The van der Waals surface area contributed by atoms with E-state index in [1.807, 2.05) is 24.0 Å². The number of amidine groups is 1. The molecule has 238 valence electrons. The van der Waals surface area contributed by atoms with Crippen molar-refractivity contribution in [3.05, 3.63) is 74.3 Å². The van der Waals surface area contributed by atoms with Crippen LogP contribution in [0.3, 0.4) is 0 Å². The monoisotopic (exact) mass is 670 g/mol. The first-order chi connectivity index (χ1) is 21.4. The number of aromatic nitrogens is 1. The fraction of sp³-hybridized carbons (Fsp3) is 0.515. The molecule has 7 rings (SSSR count). The van der Waals surface area contributed by atoms with Crippen molar-refractivity contribution in [3.8, 4) is 0 Å². The quantitative estimate of drug-likeness (QED) is 0.387. The van der Waals surface area contributed by atoms with E-state index in [2.05, 4.69) is 36.0 Å². The number of hydrogen-bond donors (Lipinski definition) is 1. The standard InChI is InChI=1S/C33H37Cl2FN6O2S/c1-18(2)26-27(30(44)40-13-5-6-24(40)29(43)41-17-33(11-12-33)38-15-19(41)3)45-31-39-32(4,21-8-10-25(35)37-16-21)28(42(26)31)20-7-9-22(34)23(36)14-20/h7-10,14,16,18-19,24,28,38H,5-6,11-13,15,17H2,1-4H3/t19-,24-,28-,32+/m1/s1. The average molecular weight is 672 g/mol. The first-order valence-electron chi connectivity index (χ1n) is 15.7. The summed E-state index contributed by atoms with van der Waals surface area (Å²) >= 11 is 13.6. The van der Waals surface area contributed by atoms with Crippen molar-refractivity contribution in [3.63, 3.8) is 0 Å². The van der Waals surface area contributed by atoms with Gasteiger partial charge in [-0.1, -0.05) is 49.2 Å². The van der Waals surface area contributed by atoms with Crippen LogP contribution in [0.1, 0.15) is 70.5 Å². The summed E-state index contributed by atoms with van der Waals surface area (Å²) in [6.45, 7) is 10.2. The normalized spacial score (nSPS) is 28.8. The number of benzene rings is 1. The van der Waals surface area contributed by atoms with Gasteiger partial charge >= 0.3 is 0 Å². The largest absolute Gasteiger partial charge is 0.335 e. The van der Waals surface area contributed by atoms with E-state index >= 15 is 0 Å². The molecule has 2 amide bonds. The maximum Gasteiger partial charge on any atom is 0.263 e. The van der Waals surface area contributed by atoms with Crippen LogP contribution in [0.5, 0.6) is 0 Å². The highest BCUT2D eigenvalue weighted by molar-refractivity contribution is 8.18. The van der Waals surface area contributed by atoms with Gasteiger partial charge in [-0.3, -0.25) is 9.59 Å². The van der Waals surface area contributed by atoms with Gasteiger partial charge in [-0.05, 0) is 81.0 Å². The van der Waals surface area contributed by atoms with Crippen LogP contribution in [-0.2, 0) is 15.1 Å². The zero-order valence-corrected chi connectivity index (χ0v) is 28.1. The number of pyridine rings is 1. The molecule has 8 nitrogen and oxygen atoms in total. The zero-order valence-electron chi connectivity index (χ0n) is 25.8. The Kier molecular flexibility index (Phi) is 7.74. The van der Waals surface area contributed by atoms with E-state index in [0.717, 1.165) is 37.1 Å². The van der Waals surface area contributed by atoms with Crippen molar-refractivity contribution >= 4 is 51.9 Å². The minimum atomic E-state index is -0.863. The van der Waals surface area contributed by atoms with Gasteiger partial charge in [0.15, 0.2) is 5.17 Å². The number of amides is 2. The summed E-state index contributed by atoms with van der Waals surface area (Å²) in [7, 11) is 0. The van der Waals surface area contributed by atoms with Gasteiger partial charge < -0.3 is 20.0 Å². The van der Waals surface area contributed by atoms with Gasteiger partial charge in [0.25, 0.3) is 5.91 Å². The molecule has 1 saturated carbocycles. The lowest BCUT2D eigenvalue weighted by molar-refractivity contribution is -0.144. The summed E-state index contributed by atoms with van der Waals surface area (Å²) in [4.78, 5) is 44.5. The van der Waals surface area contributed by atoms with Crippen molar-refractivity contribution in [1.82, 2.24) is 25.0 Å². The topological polar surface area (TPSA) is 81.1 Å². The lowest BCUT2D eigenvalue weighted by atomic mass is 9.81. The number of likely N-dealkylation sites (tertiary alicyclic amines) is 1. The van der Waals surface area contributed by atoms with E-state index in [1.54, 1.807) is 23.2 Å². The molecule has 4 atom stereocenters. The van der Waals surface area contributed by atoms with Gasteiger partial charge in [-0.25, -0.2) is 14.4 Å². The molecule has 4 aliphatic heterocycles. The molecule has 0 bridgehead atoms. The minimum Gasteiger partial charge on any atom is -0.335 e. The highest BCUT2D eigenvalue weighted by Crippen LogP contribution is 2.56. The van der Waals surface area contributed by atoms with Gasteiger partial charge in [-0.15, -0.1) is 0 Å². The smallest absolute Gasteiger partial charge is 0.263 e. The molecule has 1 aliphatic carbocycles. The average Bonchev–Trinajstić information content (AvgIpc) is 3.30. The number of nitrogens with zero attached hydrogens (tertiary/aromatic N) is 5. The van der Waals surface area contributed by atoms with Crippen LogP contribution < -0.4 is 5.32 Å². The Morgan fingerprint density at radius 3 is 2.60 bits per heavy atom. The molecule has 2 aromatic rings. The Morgan fingerprint density at radius 1 is 1.16 bits per heavy atom. The molecule has 5 heterocycles. The molecule has 5 aliphatic rings. The number of halogens is 3. The molecule has 12 heteroatoms. The van der Waals surface area contributed by atoms with Crippen LogP contribution in [0.15, 0.2) is 52.1 Å². The highest BCUT2D eigenvalue weighted by atomic mass is 35.5. The van der Waals surface area contributed by atoms with E-state index in [4.69, 9.17) is 28.2 Å². The van der Waals surface area contributed by atoms with Crippen molar-refractivity contribution in [1.29, 1.82) is 0 Å². The second-order valence-electron chi connectivity index (χ2n) is 13.5. The Bertz CT molecular complexity index is 1630. The maximum absolute atomic E-state index is 15.0. The van der Waals surface area contributed by atoms with Gasteiger partial charge in [-0.2, -0.15) is 0 Å². The summed E-state index contributed by atoms with van der Waals surface area (Å²) in [5, 5.41) is 4.68. The summed E-state index contributed by atoms with van der Waals surface area (Å²) < 4.78 is 15.0. The Balaban J connectivity index is 1.25. The van der Waals surface area contributed by atoms with Gasteiger partial charge in [0.05, 0.1) is 11.1 Å². The van der Waals surface area contributed by atoms with Crippen LogP contribution in [-0.4, -0.2) is 73.9 Å². The third-order valence-corrected chi connectivity index (χ3v) is 11.6. The molecule has 0 unspecified atom stereocenters. The van der Waals surface area contributed by atoms with Crippen molar-refractivity contribution < 1.29 is 14.0 Å². The highest BCUT2D eigenvalue weighted by Gasteiger charge is 2.55. The number of piperazine rings is 1. The van der Waals surface area contributed by atoms with Gasteiger partial charge in [0.1, 0.15) is 27.5 Å². The molecule has 1 aromatic heterocycles. The lowest BCUT2D eigenvalue weighted by Gasteiger charge is -2.41. The molecule has 3 fully saturated rings. The molecule has 0 radical (unpaired) electrons. The van der Waals surface area contributed by atoms with Crippen molar-refractivity contribution in [2.75, 3.05) is 19.6 Å². The number of carbonyl (C=O) groups is 2. The van der Waals surface area contributed by atoms with Crippen LogP contribution in [0.25, 0.3) is 0 Å². The van der Waals surface area contributed by atoms with E-state index in [0.29, 0.717) is 40.3 Å². The van der Waals surface area contributed by atoms with E-state index in [-0.39, 0.29) is 34.3 Å². The molecule has 1 aromatic carbocycles. The lowest BCUT2D eigenvalue weighted by Crippen LogP contribution is -2.61. The van der Waals surface area contributed by atoms with Crippen molar-refractivity contribution in [2.45, 2.75) is 82.6 Å². The van der Waals surface area contributed by atoms with E-state index < -0.39 is 23.4 Å². The summed E-state index contributed by atoms with van der Waals surface area (Å²) in [6.07, 6.45) is 5.30. The summed E-state index contributed by atoms with van der Waals surface area (Å²) in [5.74, 6) is -0.678. The van der Waals surface area contributed by atoms with E-state index in [9.17, 15) is 14.0 Å². The second-order valence-corrected chi connectivity index (χ2v) is 15.2. The van der Waals surface area contributed by atoms with E-state index in [1.165, 1.54) is 17.8 Å². The fourth-order valence-corrected chi connectivity index (χ4v) is 8.96. The van der Waals surface area contributed by atoms with Crippen LogP contribution in [0.4, 0.5) is 4.39 Å². The van der Waals surface area contributed by atoms with Gasteiger partial charge in [0, 0.05) is 48.7 Å². The maximum atomic E-state index is 15.0. The van der Waals surface area contributed by atoms with Crippen LogP contribution >= 0.6 is 35.0 Å². The first kappa shape index (κ1) is 31.0. The summed E-state index contributed by atoms with van der Waals surface area (Å²) in [6, 6.07) is 7.54. The van der Waals surface area contributed by atoms with Gasteiger partial charge in [0.2, 0.25) is 5.91 Å². The number of hydrogen-bond acceptors (Lipinski definition) is 7. The Morgan fingerprint density at radius 2 is 1.93 bits per heavy atom. The number of allylic oxidation sites excluding steroid dienone is 1. The third kappa shape index (κ3) is 5.16. The summed E-state index contributed by atoms with van der Waals surface area (Å²) in [5.41, 5.74) is 1.50. The molecular formula is C33H37Cl2FN6O2S. The molecule has 45 heavy (non-hydrogen) atoms. The zero-order chi connectivity index (χ0) is 31.8. The predicted octanol–water partition coefficient (Wildman–Crippen LogP) is 6.11. The fourth-order valence-electron chi connectivity index (χ4n) is 7.37. The molecule has 2 saturated heterocycles.